The summed E-state index contributed by atoms with van der Waals surface area (Å²) >= 11 is 0. The van der Waals surface area contributed by atoms with Gasteiger partial charge >= 0.3 is 0 Å². The summed E-state index contributed by atoms with van der Waals surface area (Å²) < 4.78 is 10.5. The Bertz CT molecular complexity index is 794. The molecular weight excluding hydrogens is 328 g/mol. The number of nitrogens with zero attached hydrogens (tertiary/aromatic N) is 1. The topological polar surface area (TPSA) is 147 Å². The Morgan fingerprint density at radius 1 is 1.16 bits per heavy atom. The van der Waals surface area contributed by atoms with Crippen LogP contribution >= 0.6 is 0 Å². The van der Waals surface area contributed by atoms with Crippen LogP contribution in [-0.2, 0) is 14.3 Å². The molecule has 0 atom stereocenters. The quantitative estimate of drug-likeness (QED) is 0.427. The Morgan fingerprint density at radius 2 is 1.84 bits per heavy atom. The third-order valence-electron chi connectivity index (χ3n) is 3.31. The van der Waals surface area contributed by atoms with Crippen LogP contribution in [0.15, 0.2) is 30.3 Å². The van der Waals surface area contributed by atoms with Crippen LogP contribution in [0.4, 0.5) is 0 Å². The van der Waals surface area contributed by atoms with Gasteiger partial charge in [-0.15, -0.1) is 0 Å². The summed E-state index contributed by atoms with van der Waals surface area (Å²) in [6.45, 7) is 0.585. The number of carbonyl (C=O) groups is 3. The second kappa shape index (κ2) is 8.06. The Morgan fingerprint density at radius 3 is 2.48 bits per heavy atom. The molecule has 9 heteroatoms. The van der Waals surface area contributed by atoms with E-state index in [0.717, 1.165) is 0 Å². The van der Waals surface area contributed by atoms with E-state index >= 15 is 0 Å². The number of primary amides is 2. The van der Waals surface area contributed by atoms with Gasteiger partial charge in [0, 0.05) is 12.5 Å². The molecule has 0 aliphatic carbocycles. The van der Waals surface area contributed by atoms with Crippen molar-refractivity contribution < 1.29 is 23.9 Å². The molecular formula is C16H18N4O5. The highest BCUT2D eigenvalue weighted by Gasteiger charge is 2.25. The minimum atomic E-state index is -1.63. The van der Waals surface area contributed by atoms with Gasteiger partial charge in [-0.2, -0.15) is 0 Å². The van der Waals surface area contributed by atoms with E-state index in [2.05, 4.69) is 10.3 Å². The van der Waals surface area contributed by atoms with Crippen LogP contribution in [0, 0.1) is 0 Å². The predicted octanol–water partition coefficient (Wildman–Crippen LogP) is -0.671. The monoisotopic (exact) mass is 346 g/mol. The van der Waals surface area contributed by atoms with Crippen LogP contribution in [0.1, 0.15) is 10.5 Å². The number of hydrogen-bond donors (Lipinski definition) is 3. The van der Waals surface area contributed by atoms with Crippen LogP contribution in [0.25, 0.3) is 10.8 Å². The Labute approximate surface area is 143 Å². The van der Waals surface area contributed by atoms with E-state index < -0.39 is 23.8 Å². The van der Waals surface area contributed by atoms with E-state index in [1.165, 1.54) is 13.2 Å². The maximum atomic E-state index is 12.3. The van der Waals surface area contributed by atoms with Gasteiger partial charge < -0.3 is 26.3 Å². The molecule has 0 radical (unpaired) electrons. The number of nitrogens with one attached hydrogen (secondary N) is 1. The molecule has 5 N–H and O–H groups in total. The van der Waals surface area contributed by atoms with E-state index in [9.17, 15) is 14.4 Å². The molecule has 0 fully saturated rings. The molecule has 0 saturated carbocycles. The molecule has 9 nitrogen and oxygen atoms in total. The number of nitrogens with two attached hydrogens (primary N) is 2. The number of aromatic nitrogens is 1. The van der Waals surface area contributed by atoms with Crippen molar-refractivity contribution in [2.24, 2.45) is 11.5 Å². The van der Waals surface area contributed by atoms with Gasteiger partial charge in [-0.1, -0.05) is 18.2 Å². The zero-order valence-electron chi connectivity index (χ0n) is 13.5. The first-order valence-corrected chi connectivity index (χ1v) is 7.35. The first kappa shape index (κ1) is 18.1. The third kappa shape index (κ3) is 4.42. The molecule has 0 unspecified atom stereocenters. The summed E-state index contributed by atoms with van der Waals surface area (Å²) in [4.78, 5) is 38.9. The second-order valence-electron chi connectivity index (χ2n) is 5.09. The van der Waals surface area contributed by atoms with E-state index in [-0.39, 0.29) is 18.2 Å². The molecule has 1 aromatic heterocycles. The fourth-order valence-electron chi connectivity index (χ4n) is 2.10. The Kier molecular flexibility index (Phi) is 5.85. The fraction of sp³-hybridized carbons (Fsp3) is 0.250. The summed E-state index contributed by atoms with van der Waals surface area (Å²) in [5.74, 6) is -2.66. The number of benzene rings is 1. The number of pyridine rings is 1. The minimum Gasteiger partial charge on any atom is -0.475 e. The number of rotatable bonds is 8. The first-order chi connectivity index (χ1) is 11.9. The Balaban J connectivity index is 2.35. The lowest BCUT2D eigenvalue weighted by molar-refractivity contribution is -0.128. The van der Waals surface area contributed by atoms with Gasteiger partial charge in [0.15, 0.2) is 6.04 Å². The molecule has 0 spiro atoms. The SMILES string of the molecule is COCCOc1nc(C(=O)NC(C(N)=O)C(N)=O)cc2ccccc12. The van der Waals surface area contributed by atoms with Crippen molar-refractivity contribution in [3.63, 3.8) is 0 Å². The molecule has 0 aliphatic heterocycles. The van der Waals surface area contributed by atoms with Gasteiger partial charge in [-0.3, -0.25) is 14.4 Å². The third-order valence-corrected chi connectivity index (χ3v) is 3.31. The van der Waals surface area contributed by atoms with Gasteiger partial charge in [0.2, 0.25) is 17.7 Å². The predicted molar refractivity (Wildman–Crippen MR) is 88.8 cm³/mol. The lowest BCUT2D eigenvalue weighted by Gasteiger charge is -2.13. The van der Waals surface area contributed by atoms with Gasteiger partial charge in [0.1, 0.15) is 12.3 Å². The van der Waals surface area contributed by atoms with Crippen molar-refractivity contribution in [2.75, 3.05) is 20.3 Å². The highest BCUT2D eigenvalue weighted by molar-refractivity contribution is 6.08. The molecule has 1 heterocycles. The van der Waals surface area contributed by atoms with Crippen molar-refractivity contribution >= 4 is 28.5 Å². The molecule has 0 aliphatic rings. The normalized spacial score (nSPS) is 10.6. The van der Waals surface area contributed by atoms with Crippen molar-refractivity contribution in [2.45, 2.75) is 6.04 Å². The number of methoxy groups -OCH3 is 1. The van der Waals surface area contributed by atoms with Crippen LogP contribution in [-0.4, -0.2) is 49.1 Å². The minimum absolute atomic E-state index is 0.0429. The molecule has 2 aromatic rings. The van der Waals surface area contributed by atoms with Gasteiger partial charge in [-0.25, -0.2) is 4.98 Å². The standard InChI is InChI=1S/C16H18N4O5/c1-24-6-7-25-16-10-5-3-2-4-9(10)8-11(19-16)15(23)20-12(13(17)21)14(18)22/h2-5,8,12H,6-7H2,1H3,(H2,17,21)(H2,18,22)(H,20,23). The average Bonchev–Trinajstić information content (AvgIpc) is 2.58. The zero-order valence-corrected chi connectivity index (χ0v) is 13.5. The van der Waals surface area contributed by atoms with E-state index in [0.29, 0.717) is 17.4 Å². The van der Waals surface area contributed by atoms with Crippen LogP contribution in [0.2, 0.25) is 0 Å². The molecule has 25 heavy (non-hydrogen) atoms. The van der Waals surface area contributed by atoms with E-state index in [1.54, 1.807) is 18.2 Å². The highest BCUT2D eigenvalue weighted by atomic mass is 16.5. The zero-order chi connectivity index (χ0) is 18.4. The van der Waals surface area contributed by atoms with Crippen molar-refractivity contribution in [3.8, 4) is 5.88 Å². The molecule has 0 saturated heterocycles. The largest absolute Gasteiger partial charge is 0.475 e. The molecule has 132 valence electrons. The summed E-state index contributed by atoms with van der Waals surface area (Å²) in [6, 6.07) is 7.05. The number of fused-ring (bicyclic) bond motifs is 1. The average molecular weight is 346 g/mol. The lowest BCUT2D eigenvalue weighted by Crippen LogP contribution is -2.52. The Hall–Kier alpha value is -3.20. The summed E-state index contributed by atoms with van der Waals surface area (Å²) in [5.41, 5.74) is 10.1. The molecule has 3 amide bonds. The van der Waals surface area contributed by atoms with Gasteiger partial charge in [0.25, 0.3) is 5.91 Å². The highest BCUT2D eigenvalue weighted by Crippen LogP contribution is 2.24. The number of ether oxygens (including phenoxy) is 2. The van der Waals surface area contributed by atoms with Gasteiger partial charge in [0.05, 0.1) is 6.61 Å². The first-order valence-electron chi connectivity index (χ1n) is 7.35. The van der Waals surface area contributed by atoms with Crippen molar-refractivity contribution in [1.82, 2.24) is 10.3 Å². The summed E-state index contributed by atoms with van der Waals surface area (Å²) in [5, 5.41) is 3.56. The van der Waals surface area contributed by atoms with E-state index in [4.69, 9.17) is 20.9 Å². The maximum Gasteiger partial charge on any atom is 0.271 e. The lowest BCUT2D eigenvalue weighted by atomic mass is 10.1. The van der Waals surface area contributed by atoms with Crippen LogP contribution < -0.4 is 21.5 Å². The molecule has 1 aromatic carbocycles. The number of hydrogen-bond acceptors (Lipinski definition) is 6. The maximum absolute atomic E-state index is 12.3. The van der Waals surface area contributed by atoms with Crippen molar-refractivity contribution in [3.05, 3.63) is 36.0 Å². The summed E-state index contributed by atoms with van der Waals surface area (Å²) in [7, 11) is 1.53. The fourth-order valence-corrected chi connectivity index (χ4v) is 2.10. The molecule has 0 bridgehead atoms. The number of amides is 3. The smallest absolute Gasteiger partial charge is 0.271 e. The van der Waals surface area contributed by atoms with Crippen molar-refractivity contribution in [1.29, 1.82) is 0 Å². The number of carbonyl (C=O) groups excluding carboxylic acids is 3. The van der Waals surface area contributed by atoms with Crippen LogP contribution in [0.5, 0.6) is 5.88 Å². The van der Waals surface area contributed by atoms with Gasteiger partial charge in [-0.05, 0) is 17.5 Å². The van der Waals surface area contributed by atoms with E-state index in [1.807, 2.05) is 6.07 Å². The second-order valence-corrected chi connectivity index (χ2v) is 5.09. The molecule has 2 rings (SSSR count). The summed E-state index contributed by atoms with van der Waals surface area (Å²) in [6.07, 6.45) is 0. The van der Waals surface area contributed by atoms with Crippen LogP contribution in [0.3, 0.4) is 0 Å².